The molecule has 1 amide bonds. The summed E-state index contributed by atoms with van der Waals surface area (Å²) >= 11 is 6.29. The molecule has 0 saturated heterocycles. The average molecular weight is 488 g/mol. The van der Waals surface area contributed by atoms with Crippen LogP contribution in [0.4, 0.5) is 5.69 Å². The van der Waals surface area contributed by atoms with Crippen molar-refractivity contribution in [3.05, 3.63) is 53.6 Å². The van der Waals surface area contributed by atoms with Gasteiger partial charge in [0.2, 0.25) is 11.8 Å². The van der Waals surface area contributed by atoms with Crippen molar-refractivity contribution >= 4 is 52.6 Å². The number of hydrogen-bond donors (Lipinski definition) is 2. The molecule has 2 heterocycles. The lowest BCUT2D eigenvalue weighted by atomic mass is 10.1. The highest BCUT2D eigenvalue weighted by molar-refractivity contribution is 7.63. The zero-order chi connectivity index (χ0) is 23.8. The Morgan fingerprint density at radius 1 is 1.15 bits per heavy atom. The normalized spacial score (nSPS) is 11.9. The van der Waals surface area contributed by atoms with E-state index in [0.717, 1.165) is 5.56 Å². The predicted octanol–water partition coefficient (Wildman–Crippen LogP) is 5.36. The van der Waals surface area contributed by atoms with E-state index in [1.807, 2.05) is 30.3 Å². The van der Waals surface area contributed by atoms with Crippen molar-refractivity contribution in [1.29, 1.82) is 0 Å². The molecule has 8 nitrogen and oxygen atoms in total. The van der Waals surface area contributed by atoms with Crippen LogP contribution in [0.3, 0.4) is 0 Å². The topological polar surface area (TPSA) is 102 Å². The lowest BCUT2D eigenvalue weighted by Gasteiger charge is -2.18. The fourth-order valence-electron chi connectivity index (χ4n) is 3.80. The van der Waals surface area contributed by atoms with Crippen LogP contribution in [0.5, 0.6) is 5.88 Å². The van der Waals surface area contributed by atoms with Crippen LogP contribution in [-0.4, -0.2) is 33.6 Å². The molecule has 4 rings (SSSR count). The summed E-state index contributed by atoms with van der Waals surface area (Å²) in [5.41, 5.74) is 1.99. The van der Waals surface area contributed by atoms with Gasteiger partial charge in [-0.25, -0.2) is 4.98 Å². The molecule has 0 aliphatic rings. The average Bonchev–Trinajstić information content (AvgIpc) is 3.05. The summed E-state index contributed by atoms with van der Waals surface area (Å²) in [4.78, 5) is 16.8. The van der Waals surface area contributed by atoms with Crippen LogP contribution in [0.15, 0.2) is 48.5 Å². The molecule has 4 aromatic rings. The first-order valence-corrected chi connectivity index (χ1v) is 12.3. The van der Waals surface area contributed by atoms with Crippen molar-refractivity contribution in [1.82, 2.24) is 9.38 Å². The number of nitrogens with zero attached hydrogens (tertiary/aromatic N) is 2. The van der Waals surface area contributed by atoms with Gasteiger partial charge in [-0.2, -0.15) is 0 Å². The van der Waals surface area contributed by atoms with Gasteiger partial charge in [-0.05, 0) is 32.0 Å². The Labute approximate surface area is 195 Å². The first-order chi connectivity index (χ1) is 15.8. The fourth-order valence-corrected chi connectivity index (χ4v) is 5.81. The first kappa shape index (κ1) is 23.3. The zero-order valence-corrected chi connectivity index (χ0v) is 20.0. The molecule has 2 N–H and O–H groups in total. The van der Waals surface area contributed by atoms with Crippen LogP contribution >= 0.6 is 19.2 Å². The standard InChI is InChI=1S/C23H23ClN3O5P/c1-4-31-33(30,32-5-2)21-20(25-14(3)28)23(29)27-18-12-11-16(24)13-17(18)19(26-22(21)27)15-9-7-6-8-10-15/h6-13,29H,4-5H2,1-3H3,(H,25,28). The second-order valence-corrected chi connectivity index (χ2v) is 9.60. The van der Waals surface area contributed by atoms with Gasteiger partial charge in [0.1, 0.15) is 11.0 Å². The highest BCUT2D eigenvalue weighted by Gasteiger charge is 2.38. The Kier molecular flexibility index (Phi) is 6.45. The Hall–Kier alpha value is -2.90. The van der Waals surface area contributed by atoms with E-state index in [2.05, 4.69) is 5.32 Å². The molecule has 2 aromatic carbocycles. The number of carbonyl (C=O) groups excluding carboxylic acids is 1. The smallest absolute Gasteiger partial charge is 0.367 e. The maximum absolute atomic E-state index is 13.9. The summed E-state index contributed by atoms with van der Waals surface area (Å²) in [6.45, 7) is 4.83. The molecule has 0 radical (unpaired) electrons. The number of halogens is 1. The number of anilines is 1. The molecule has 0 unspecified atom stereocenters. The van der Waals surface area contributed by atoms with Crippen LogP contribution in [0, 0.1) is 0 Å². The van der Waals surface area contributed by atoms with Crippen molar-refractivity contribution in [3.63, 3.8) is 0 Å². The highest BCUT2D eigenvalue weighted by atomic mass is 35.5. The molecule has 172 valence electrons. The number of fused-ring (bicyclic) bond motifs is 3. The van der Waals surface area contributed by atoms with Gasteiger partial charge in [0.25, 0.3) is 0 Å². The van der Waals surface area contributed by atoms with Gasteiger partial charge in [-0.15, -0.1) is 0 Å². The second kappa shape index (κ2) is 9.15. The van der Waals surface area contributed by atoms with Crippen molar-refractivity contribution in [2.75, 3.05) is 18.5 Å². The van der Waals surface area contributed by atoms with Crippen molar-refractivity contribution in [2.45, 2.75) is 20.8 Å². The third kappa shape index (κ3) is 4.11. The van der Waals surface area contributed by atoms with E-state index < -0.39 is 13.5 Å². The number of nitrogens with one attached hydrogen (secondary N) is 1. The van der Waals surface area contributed by atoms with Gasteiger partial charge in [0.05, 0.1) is 24.4 Å². The summed E-state index contributed by atoms with van der Waals surface area (Å²) < 4.78 is 26.5. The Morgan fingerprint density at radius 2 is 1.82 bits per heavy atom. The Bertz CT molecular complexity index is 1390. The molecule has 0 spiro atoms. The van der Waals surface area contributed by atoms with Gasteiger partial charge >= 0.3 is 7.60 Å². The number of rotatable bonds is 7. The molecule has 0 saturated carbocycles. The SMILES string of the molecule is CCOP(=O)(OCC)c1c(NC(C)=O)c(O)n2c1nc(-c1ccccc1)c1cc(Cl)ccc12. The van der Waals surface area contributed by atoms with E-state index >= 15 is 0 Å². The Balaban J connectivity index is 2.22. The van der Waals surface area contributed by atoms with E-state index in [9.17, 15) is 14.5 Å². The summed E-state index contributed by atoms with van der Waals surface area (Å²) in [6, 6.07) is 14.6. The summed E-state index contributed by atoms with van der Waals surface area (Å²) in [6.07, 6.45) is 0. The van der Waals surface area contributed by atoms with E-state index in [4.69, 9.17) is 25.6 Å². The van der Waals surface area contributed by atoms with Crippen LogP contribution in [0.25, 0.3) is 27.8 Å². The van der Waals surface area contributed by atoms with E-state index in [1.54, 1.807) is 32.0 Å². The van der Waals surface area contributed by atoms with Crippen molar-refractivity contribution in [3.8, 4) is 17.1 Å². The molecular weight excluding hydrogens is 465 g/mol. The van der Waals surface area contributed by atoms with Gasteiger partial charge in [0.15, 0.2) is 5.65 Å². The maximum Gasteiger partial charge on any atom is 0.367 e. The quantitative estimate of drug-likeness (QED) is 0.340. The lowest BCUT2D eigenvalue weighted by Crippen LogP contribution is -2.18. The number of benzene rings is 2. The lowest BCUT2D eigenvalue weighted by molar-refractivity contribution is -0.114. The van der Waals surface area contributed by atoms with Crippen LogP contribution < -0.4 is 10.6 Å². The monoisotopic (exact) mass is 487 g/mol. The minimum Gasteiger partial charge on any atom is -0.493 e. The fraction of sp³-hybridized carbons (Fsp3) is 0.217. The molecule has 2 aromatic heterocycles. The molecule has 10 heteroatoms. The largest absolute Gasteiger partial charge is 0.493 e. The van der Waals surface area contributed by atoms with Gasteiger partial charge in [-0.3, -0.25) is 13.8 Å². The van der Waals surface area contributed by atoms with Gasteiger partial charge < -0.3 is 19.5 Å². The zero-order valence-electron chi connectivity index (χ0n) is 18.3. The maximum atomic E-state index is 13.9. The molecule has 0 atom stereocenters. The highest BCUT2D eigenvalue weighted by Crippen LogP contribution is 2.53. The molecule has 0 aliphatic carbocycles. The minimum absolute atomic E-state index is 0.00655. The third-order valence-electron chi connectivity index (χ3n) is 4.99. The number of hydrogen-bond acceptors (Lipinski definition) is 6. The molecule has 0 fully saturated rings. The second-order valence-electron chi connectivity index (χ2n) is 7.21. The first-order valence-electron chi connectivity index (χ1n) is 10.4. The van der Waals surface area contributed by atoms with Gasteiger partial charge in [0, 0.05) is 22.9 Å². The minimum atomic E-state index is -3.97. The third-order valence-corrected chi connectivity index (χ3v) is 7.39. The number of amides is 1. The number of aromatic hydroxyl groups is 1. The molecule has 0 bridgehead atoms. The van der Waals surface area contributed by atoms with Crippen LogP contribution in [0.1, 0.15) is 20.8 Å². The van der Waals surface area contributed by atoms with Gasteiger partial charge in [-0.1, -0.05) is 41.9 Å². The van der Waals surface area contributed by atoms with E-state index in [0.29, 0.717) is 21.6 Å². The Morgan fingerprint density at radius 3 is 2.42 bits per heavy atom. The summed E-state index contributed by atoms with van der Waals surface area (Å²) in [5, 5.41) is 14.9. The van der Waals surface area contributed by atoms with E-state index in [-0.39, 0.29) is 35.7 Å². The molecule has 33 heavy (non-hydrogen) atoms. The van der Waals surface area contributed by atoms with E-state index in [1.165, 1.54) is 11.3 Å². The summed E-state index contributed by atoms with van der Waals surface area (Å²) in [7, 11) is -3.97. The number of aromatic nitrogens is 2. The van der Waals surface area contributed by atoms with Crippen molar-refractivity contribution < 1.29 is 23.5 Å². The molecule has 0 aliphatic heterocycles. The van der Waals surface area contributed by atoms with Crippen LogP contribution in [0.2, 0.25) is 5.02 Å². The molecular formula is C23H23ClN3O5P. The summed E-state index contributed by atoms with van der Waals surface area (Å²) in [5.74, 6) is -0.799. The van der Waals surface area contributed by atoms with Crippen LogP contribution in [-0.2, 0) is 18.4 Å². The van der Waals surface area contributed by atoms with Crippen molar-refractivity contribution in [2.24, 2.45) is 0 Å². The number of carbonyl (C=O) groups is 1. The predicted molar refractivity (Wildman–Crippen MR) is 130 cm³/mol.